The van der Waals surface area contributed by atoms with E-state index in [2.05, 4.69) is 5.16 Å². The number of benzene rings is 1. The van der Waals surface area contributed by atoms with Crippen LogP contribution in [0.4, 0.5) is 8.78 Å². The molecule has 0 amide bonds. The minimum absolute atomic E-state index is 0.00565. The number of hydrogen-bond acceptors (Lipinski definition) is 2. The summed E-state index contributed by atoms with van der Waals surface area (Å²) in [6.07, 6.45) is 0.866. The number of oxime groups is 1. The Morgan fingerprint density at radius 3 is 2.73 bits per heavy atom. The van der Waals surface area contributed by atoms with E-state index in [9.17, 15) is 8.78 Å². The summed E-state index contributed by atoms with van der Waals surface area (Å²) in [4.78, 5) is 0. The van der Waals surface area contributed by atoms with Gasteiger partial charge < -0.3 is 5.21 Å². The molecule has 1 aromatic rings. The average molecular weight is 156 g/mol. The van der Waals surface area contributed by atoms with E-state index in [1.165, 1.54) is 0 Å². The molecule has 0 atom stereocenters. The van der Waals surface area contributed by atoms with Gasteiger partial charge in [0.2, 0.25) is 0 Å². The Morgan fingerprint density at radius 2 is 2.18 bits per heavy atom. The first-order chi connectivity index (χ1) is 5.24. The first-order valence-electron chi connectivity index (χ1n) is 2.79. The van der Waals surface area contributed by atoms with Crippen molar-refractivity contribution in [3.63, 3.8) is 0 Å². The van der Waals surface area contributed by atoms with Crippen molar-refractivity contribution >= 4 is 6.21 Å². The summed E-state index contributed by atoms with van der Waals surface area (Å²) >= 11 is 0. The van der Waals surface area contributed by atoms with Gasteiger partial charge in [0.05, 0.1) is 12.3 Å². The maximum Gasteiger partial charge on any atom is 0.143 e. The number of nitrogens with zero attached hydrogens (tertiary/aromatic N) is 1. The molecule has 0 fully saturated rings. The van der Waals surface area contributed by atoms with Crippen molar-refractivity contribution in [2.24, 2.45) is 5.16 Å². The Morgan fingerprint density at radius 1 is 1.45 bits per heavy atom. The second kappa shape index (κ2) is 3.09. The Hall–Kier alpha value is -1.45. The lowest BCUT2D eigenvalue weighted by Crippen LogP contribution is -1.89. The molecular formula is C7H4F2NO. The van der Waals surface area contributed by atoms with Crippen molar-refractivity contribution in [1.29, 1.82) is 0 Å². The van der Waals surface area contributed by atoms with Gasteiger partial charge in [-0.1, -0.05) is 5.16 Å². The highest BCUT2D eigenvalue weighted by molar-refractivity contribution is 5.79. The zero-order valence-electron chi connectivity index (χ0n) is 5.38. The van der Waals surface area contributed by atoms with Crippen LogP contribution in [0.3, 0.4) is 0 Å². The minimum Gasteiger partial charge on any atom is -0.411 e. The normalized spacial score (nSPS) is 10.7. The van der Waals surface area contributed by atoms with Crippen molar-refractivity contribution in [2.45, 2.75) is 0 Å². The maximum absolute atomic E-state index is 12.5. The Balaban J connectivity index is 3.09. The Bertz CT molecular complexity index is 286. The van der Waals surface area contributed by atoms with E-state index < -0.39 is 11.6 Å². The Labute approximate surface area is 61.8 Å². The minimum atomic E-state index is -0.872. The first kappa shape index (κ1) is 7.65. The molecular weight excluding hydrogens is 152 g/mol. The molecule has 0 aromatic heterocycles. The van der Waals surface area contributed by atoms with Crippen LogP contribution in [-0.2, 0) is 0 Å². The fraction of sp³-hybridized carbons (Fsp3) is 0. The smallest absolute Gasteiger partial charge is 0.143 e. The lowest BCUT2D eigenvalue weighted by molar-refractivity contribution is 0.321. The van der Waals surface area contributed by atoms with E-state index in [1.807, 2.05) is 0 Å². The number of rotatable bonds is 1. The summed E-state index contributed by atoms with van der Waals surface area (Å²) in [7, 11) is 0. The van der Waals surface area contributed by atoms with Gasteiger partial charge in [0.25, 0.3) is 0 Å². The van der Waals surface area contributed by atoms with Crippen molar-refractivity contribution in [3.8, 4) is 0 Å². The highest BCUT2D eigenvalue weighted by Gasteiger charge is 2.00. The molecule has 0 aliphatic heterocycles. The van der Waals surface area contributed by atoms with Gasteiger partial charge in [-0.15, -0.1) is 0 Å². The van der Waals surface area contributed by atoms with Gasteiger partial charge in [0.15, 0.2) is 0 Å². The second-order valence-corrected chi connectivity index (χ2v) is 1.82. The van der Waals surface area contributed by atoms with E-state index >= 15 is 0 Å². The third-order valence-corrected chi connectivity index (χ3v) is 1.09. The van der Waals surface area contributed by atoms with Gasteiger partial charge in [-0.25, -0.2) is 8.78 Å². The van der Waals surface area contributed by atoms with Crippen LogP contribution in [0, 0.1) is 17.7 Å². The monoisotopic (exact) mass is 156 g/mol. The zero-order valence-corrected chi connectivity index (χ0v) is 5.38. The van der Waals surface area contributed by atoms with Crippen LogP contribution in [0.2, 0.25) is 0 Å². The highest BCUT2D eigenvalue weighted by Crippen LogP contribution is 2.05. The van der Waals surface area contributed by atoms with Gasteiger partial charge in [0.1, 0.15) is 11.6 Å². The molecule has 57 valence electrons. The van der Waals surface area contributed by atoms with Gasteiger partial charge in [-0.2, -0.15) is 0 Å². The van der Waals surface area contributed by atoms with Gasteiger partial charge in [0, 0.05) is 5.56 Å². The van der Waals surface area contributed by atoms with Crippen LogP contribution in [0.15, 0.2) is 17.3 Å². The van der Waals surface area contributed by atoms with Crippen molar-refractivity contribution < 1.29 is 14.0 Å². The predicted octanol–water partition coefficient (Wildman–Crippen LogP) is 1.57. The third-order valence-electron chi connectivity index (χ3n) is 1.09. The zero-order chi connectivity index (χ0) is 8.27. The number of halogens is 2. The summed E-state index contributed by atoms with van der Waals surface area (Å²) in [5.41, 5.74) is -0.00565. The molecule has 0 spiro atoms. The predicted molar refractivity (Wildman–Crippen MR) is 34.6 cm³/mol. The third kappa shape index (κ3) is 1.73. The molecule has 1 aromatic carbocycles. The molecule has 0 saturated carbocycles. The van der Waals surface area contributed by atoms with Crippen LogP contribution < -0.4 is 0 Å². The molecule has 4 heteroatoms. The maximum atomic E-state index is 12.5. The molecule has 0 saturated heterocycles. The number of hydrogen-bond donors (Lipinski definition) is 1. The molecule has 11 heavy (non-hydrogen) atoms. The fourth-order valence-corrected chi connectivity index (χ4v) is 0.617. The highest BCUT2D eigenvalue weighted by atomic mass is 19.1. The molecule has 1 N–H and O–H groups in total. The molecule has 0 aliphatic carbocycles. The lowest BCUT2D eigenvalue weighted by Gasteiger charge is -1.92. The summed E-state index contributed by atoms with van der Waals surface area (Å²) in [6, 6.07) is 3.97. The summed E-state index contributed by atoms with van der Waals surface area (Å²) in [5, 5.41) is 10.6. The van der Waals surface area contributed by atoms with Crippen molar-refractivity contribution in [3.05, 3.63) is 35.4 Å². The van der Waals surface area contributed by atoms with E-state index in [-0.39, 0.29) is 5.56 Å². The standard InChI is InChI=1S/C7H4F2NO/c8-6-2-1-5(4-10-11)7(9)3-6/h1-2,4,11H/b10-4-. The lowest BCUT2D eigenvalue weighted by atomic mass is 10.2. The molecule has 0 aliphatic rings. The van der Waals surface area contributed by atoms with E-state index in [1.54, 1.807) is 6.07 Å². The molecule has 0 bridgehead atoms. The van der Waals surface area contributed by atoms with E-state index in [0.29, 0.717) is 0 Å². The van der Waals surface area contributed by atoms with E-state index in [0.717, 1.165) is 18.3 Å². The first-order valence-corrected chi connectivity index (χ1v) is 2.79. The largest absolute Gasteiger partial charge is 0.411 e. The summed E-state index contributed by atoms with van der Waals surface area (Å²) in [5.74, 6) is -1.65. The fourth-order valence-electron chi connectivity index (χ4n) is 0.617. The van der Waals surface area contributed by atoms with E-state index in [4.69, 9.17) is 5.21 Å². The molecule has 1 radical (unpaired) electrons. The Kier molecular flexibility index (Phi) is 2.15. The van der Waals surface area contributed by atoms with Crippen LogP contribution in [0.1, 0.15) is 5.56 Å². The van der Waals surface area contributed by atoms with Gasteiger partial charge in [-0.05, 0) is 12.1 Å². The summed E-state index contributed by atoms with van der Waals surface area (Å²) < 4.78 is 24.7. The van der Waals surface area contributed by atoms with Crippen LogP contribution >= 0.6 is 0 Å². The topological polar surface area (TPSA) is 32.6 Å². The molecule has 0 unspecified atom stereocenters. The molecule has 0 heterocycles. The molecule has 2 nitrogen and oxygen atoms in total. The van der Waals surface area contributed by atoms with Crippen molar-refractivity contribution in [2.75, 3.05) is 0 Å². The SMILES string of the molecule is O/N=C\c1ccc(F)[c]c1F. The van der Waals surface area contributed by atoms with Crippen LogP contribution in [-0.4, -0.2) is 11.4 Å². The summed E-state index contributed by atoms with van der Waals surface area (Å²) in [6.45, 7) is 0. The second-order valence-electron chi connectivity index (χ2n) is 1.82. The van der Waals surface area contributed by atoms with Gasteiger partial charge in [-0.3, -0.25) is 0 Å². The van der Waals surface area contributed by atoms with Crippen LogP contribution in [0.25, 0.3) is 0 Å². The van der Waals surface area contributed by atoms with Crippen molar-refractivity contribution in [1.82, 2.24) is 0 Å². The quantitative estimate of drug-likeness (QED) is 0.373. The van der Waals surface area contributed by atoms with Crippen LogP contribution in [0.5, 0.6) is 0 Å². The average Bonchev–Trinajstić information content (AvgIpc) is 1.95. The molecule has 1 rings (SSSR count). The van der Waals surface area contributed by atoms with Gasteiger partial charge >= 0.3 is 0 Å².